The minimum Gasteiger partial charge on any atom is -0.493 e. The van der Waals surface area contributed by atoms with Crippen molar-refractivity contribution in [2.24, 2.45) is 11.8 Å². The number of nitrogens with one attached hydrogen (secondary N) is 2. The van der Waals surface area contributed by atoms with Gasteiger partial charge in [0, 0.05) is 12.8 Å². The highest BCUT2D eigenvalue weighted by molar-refractivity contribution is 5.79. The summed E-state index contributed by atoms with van der Waals surface area (Å²) in [6.07, 6.45) is 3.41. The van der Waals surface area contributed by atoms with Gasteiger partial charge in [-0.1, -0.05) is 53.5 Å². The highest BCUT2D eigenvalue weighted by atomic mass is 16.5. The Morgan fingerprint density at radius 2 is 1.52 bits per heavy atom. The van der Waals surface area contributed by atoms with E-state index in [1.54, 1.807) is 7.11 Å². The van der Waals surface area contributed by atoms with Crippen LogP contribution in [0.25, 0.3) is 0 Å². The number of carbonyl (C=O) groups is 2. The first kappa shape index (κ1) is 24.8. The van der Waals surface area contributed by atoms with Crippen LogP contribution in [0.5, 0.6) is 11.5 Å². The van der Waals surface area contributed by atoms with Gasteiger partial charge < -0.3 is 20.1 Å². The molecule has 29 heavy (non-hydrogen) atoms. The Kier molecular flexibility index (Phi) is 11.2. The van der Waals surface area contributed by atoms with Crippen LogP contribution in [0, 0.1) is 11.8 Å². The lowest BCUT2D eigenvalue weighted by Crippen LogP contribution is -2.41. The van der Waals surface area contributed by atoms with Gasteiger partial charge >= 0.3 is 0 Å². The minimum absolute atomic E-state index is 0.103. The maximum absolute atomic E-state index is 12.3. The molecule has 164 valence electrons. The SMILES string of the molecule is CCCCCOc1ccc(C(NC(=O)CC(C)C)NC(=O)CC(C)C)cc1OC. The van der Waals surface area contributed by atoms with Gasteiger partial charge in [-0.2, -0.15) is 0 Å². The molecule has 0 radical (unpaired) electrons. The highest BCUT2D eigenvalue weighted by Crippen LogP contribution is 2.30. The van der Waals surface area contributed by atoms with Crippen LogP contribution in [0.2, 0.25) is 0 Å². The summed E-state index contributed by atoms with van der Waals surface area (Å²) in [6, 6.07) is 5.50. The molecule has 0 atom stereocenters. The third-order valence-corrected chi connectivity index (χ3v) is 4.32. The molecule has 0 aliphatic rings. The van der Waals surface area contributed by atoms with E-state index in [1.807, 2.05) is 45.9 Å². The summed E-state index contributed by atoms with van der Waals surface area (Å²) in [6.45, 7) is 10.7. The van der Waals surface area contributed by atoms with E-state index in [1.165, 1.54) is 0 Å². The fourth-order valence-electron chi connectivity index (χ4n) is 2.90. The van der Waals surface area contributed by atoms with Crippen molar-refractivity contribution in [2.75, 3.05) is 13.7 Å². The van der Waals surface area contributed by atoms with Gasteiger partial charge in [0.15, 0.2) is 11.5 Å². The van der Waals surface area contributed by atoms with E-state index in [-0.39, 0.29) is 23.7 Å². The third kappa shape index (κ3) is 9.68. The summed E-state index contributed by atoms with van der Waals surface area (Å²) in [5.41, 5.74) is 0.747. The first-order chi connectivity index (χ1) is 13.8. The van der Waals surface area contributed by atoms with E-state index >= 15 is 0 Å². The third-order valence-electron chi connectivity index (χ3n) is 4.32. The molecule has 0 saturated carbocycles. The molecule has 0 aliphatic carbocycles. The van der Waals surface area contributed by atoms with E-state index in [0.29, 0.717) is 30.9 Å². The van der Waals surface area contributed by atoms with E-state index in [9.17, 15) is 9.59 Å². The van der Waals surface area contributed by atoms with Crippen molar-refractivity contribution in [3.05, 3.63) is 23.8 Å². The van der Waals surface area contributed by atoms with Gasteiger partial charge in [0.25, 0.3) is 0 Å². The fraction of sp³-hybridized carbons (Fsp3) is 0.652. The second kappa shape index (κ2) is 13.1. The van der Waals surface area contributed by atoms with E-state index in [4.69, 9.17) is 9.47 Å². The van der Waals surface area contributed by atoms with Crippen LogP contribution in [0.4, 0.5) is 0 Å². The van der Waals surface area contributed by atoms with Crippen molar-refractivity contribution in [2.45, 2.75) is 72.9 Å². The molecule has 1 aromatic carbocycles. The zero-order valence-electron chi connectivity index (χ0n) is 18.8. The predicted molar refractivity (Wildman–Crippen MR) is 116 cm³/mol. The summed E-state index contributed by atoms with van der Waals surface area (Å²) >= 11 is 0. The monoisotopic (exact) mass is 406 g/mol. The number of hydrogen-bond donors (Lipinski definition) is 2. The summed E-state index contributed by atoms with van der Waals surface area (Å²) in [4.78, 5) is 24.7. The molecule has 1 rings (SSSR count). The summed E-state index contributed by atoms with van der Waals surface area (Å²) in [5, 5.41) is 5.86. The zero-order valence-corrected chi connectivity index (χ0v) is 18.8. The fourth-order valence-corrected chi connectivity index (χ4v) is 2.90. The van der Waals surface area contributed by atoms with Crippen LogP contribution < -0.4 is 20.1 Å². The lowest BCUT2D eigenvalue weighted by molar-refractivity contribution is -0.125. The molecule has 0 saturated heterocycles. The molecule has 0 aliphatic heterocycles. The van der Waals surface area contributed by atoms with E-state index in [2.05, 4.69) is 17.6 Å². The van der Waals surface area contributed by atoms with E-state index in [0.717, 1.165) is 24.8 Å². The number of amides is 2. The standard InChI is InChI=1S/C23H38N2O4/c1-7-8-9-12-29-19-11-10-18(15-20(19)28-6)23(24-21(26)13-16(2)3)25-22(27)14-17(4)5/h10-11,15-17,23H,7-9,12-14H2,1-6H3,(H,24,26)(H,25,27). The number of unbranched alkanes of at least 4 members (excludes halogenated alkanes) is 2. The number of rotatable bonds is 13. The van der Waals surface area contributed by atoms with Crippen molar-refractivity contribution < 1.29 is 19.1 Å². The molecule has 0 fully saturated rings. The van der Waals surface area contributed by atoms with Crippen LogP contribution >= 0.6 is 0 Å². The summed E-state index contributed by atoms with van der Waals surface area (Å²) in [7, 11) is 1.59. The van der Waals surface area contributed by atoms with Crippen LogP contribution in [0.1, 0.15) is 78.5 Å². The normalized spacial score (nSPS) is 11.1. The quantitative estimate of drug-likeness (QED) is 0.371. The molecule has 2 amide bonds. The topological polar surface area (TPSA) is 76.7 Å². The number of benzene rings is 1. The van der Waals surface area contributed by atoms with Crippen molar-refractivity contribution in [3.8, 4) is 11.5 Å². The number of hydrogen-bond acceptors (Lipinski definition) is 4. The van der Waals surface area contributed by atoms with Gasteiger partial charge in [-0.05, 0) is 36.0 Å². The maximum Gasteiger partial charge on any atom is 0.222 e. The lowest BCUT2D eigenvalue weighted by atomic mass is 10.1. The summed E-state index contributed by atoms with van der Waals surface area (Å²) in [5.74, 6) is 1.50. The zero-order chi connectivity index (χ0) is 21.8. The minimum atomic E-state index is -0.615. The van der Waals surface area contributed by atoms with Crippen LogP contribution in [0.3, 0.4) is 0 Å². The lowest BCUT2D eigenvalue weighted by Gasteiger charge is -2.23. The molecule has 6 nitrogen and oxygen atoms in total. The second-order valence-electron chi connectivity index (χ2n) is 8.23. The molecule has 0 aromatic heterocycles. The number of ether oxygens (including phenoxy) is 2. The Morgan fingerprint density at radius 3 is 2.00 bits per heavy atom. The van der Waals surface area contributed by atoms with Crippen molar-refractivity contribution in [1.82, 2.24) is 10.6 Å². The molecule has 0 heterocycles. The van der Waals surface area contributed by atoms with Crippen molar-refractivity contribution in [1.29, 1.82) is 0 Å². The summed E-state index contributed by atoms with van der Waals surface area (Å²) < 4.78 is 11.3. The molecule has 1 aromatic rings. The first-order valence-electron chi connectivity index (χ1n) is 10.7. The van der Waals surface area contributed by atoms with Crippen molar-refractivity contribution in [3.63, 3.8) is 0 Å². The first-order valence-corrected chi connectivity index (χ1v) is 10.7. The Labute approximate surface area is 175 Å². The van der Waals surface area contributed by atoms with Gasteiger partial charge in [0.2, 0.25) is 11.8 Å². The Morgan fingerprint density at radius 1 is 0.931 bits per heavy atom. The number of methoxy groups -OCH3 is 1. The van der Waals surface area contributed by atoms with Gasteiger partial charge in [-0.3, -0.25) is 9.59 Å². The smallest absolute Gasteiger partial charge is 0.222 e. The van der Waals surface area contributed by atoms with E-state index < -0.39 is 6.17 Å². The van der Waals surface area contributed by atoms with Crippen LogP contribution in [-0.2, 0) is 9.59 Å². The van der Waals surface area contributed by atoms with Crippen molar-refractivity contribution >= 4 is 11.8 Å². The Hall–Kier alpha value is -2.24. The molecular formula is C23H38N2O4. The molecule has 6 heteroatoms. The molecular weight excluding hydrogens is 368 g/mol. The Bertz CT molecular complexity index is 620. The maximum atomic E-state index is 12.3. The molecule has 0 spiro atoms. The molecule has 0 unspecified atom stereocenters. The van der Waals surface area contributed by atoms with Gasteiger partial charge in [0.1, 0.15) is 6.17 Å². The molecule has 0 bridgehead atoms. The van der Waals surface area contributed by atoms with Crippen LogP contribution in [-0.4, -0.2) is 25.5 Å². The molecule has 2 N–H and O–H groups in total. The Balaban J connectivity index is 2.99. The van der Waals surface area contributed by atoms with Gasteiger partial charge in [-0.15, -0.1) is 0 Å². The largest absolute Gasteiger partial charge is 0.493 e. The second-order valence-corrected chi connectivity index (χ2v) is 8.23. The number of carbonyl (C=O) groups excluding carboxylic acids is 2. The van der Waals surface area contributed by atoms with Gasteiger partial charge in [-0.25, -0.2) is 0 Å². The predicted octanol–water partition coefficient (Wildman–Crippen LogP) is 4.59. The average Bonchev–Trinajstić information content (AvgIpc) is 2.63. The highest BCUT2D eigenvalue weighted by Gasteiger charge is 2.20. The average molecular weight is 407 g/mol. The van der Waals surface area contributed by atoms with Crippen LogP contribution in [0.15, 0.2) is 18.2 Å². The van der Waals surface area contributed by atoms with Gasteiger partial charge in [0.05, 0.1) is 13.7 Å².